The molecule has 4 rings (SSSR count). The highest BCUT2D eigenvalue weighted by Gasteiger charge is 2.60. The monoisotopic (exact) mass is 614 g/mol. The quantitative estimate of drug-likeness (QED) is 0.311. The van der Waals surface area contributed by atoms with Crippen molar-refractivity contribution in [2.45, 2.75) is 103 Å². The second kappa shape index (κ2) is 12.8. The number of hydrogen-bond donors (Lipinski definition) is 3. The maximum absolute atomic E-state index is 13.1. The van der Waals surface area contributed by atoms with E-state index in [0.717, 1.165) is 19.3 Å². The van der Waals surface area contributed by atoms with E-state index in [2.05, 4.69) is 15.4 Å². The zero-order chi connectivity index (χ0) is 32.4. The number of anilines is 1. The zero-order valence-corrected chi connectivity index (χ0v) is 26.0. The lowest BCUT2D eigenvalue weighted by Gasteiger charge is -2.29. The largest absolute Gasteiger partial charge is 0.463 e. The Morgan fingerprint density at radius 1 is 1.27 bits per heavy atom. The van der Waals surface area contributed by atoms with Crippen molar-refractivity contribution in [1.82, 2.24) is 14.6 Å². The smallest absolute Gasteiger partial charge is 0.323 e. The first-order valence-electron chi connectivity index (χ1n) is 14.8. The van der Waals surface area contributed by atoms with Gasteiger partial charge in [0.2, 0.25) is 5.60 Å². The summed E-state index contributed by atoms with van der Waals surface area (Å²) in [5.41, 5.74) is 2.57. The molecule has 14 heteroatoms. The van der Waals surface area contributed by atoms with Gasteiger partial charge in [-0.25, -0.2) is 9.50 Å². The molecule has 14 nitrogen and oxygen atoms in total. The highest BCUT2D eigenvalue weighted by Crippen LogP contribution is 2.42. The Balaban J connectivity index is 1.66. The van der Waals surface area contributed by atoms with E-state index in [1.54, 1.807) is 47.6 Å². The van der Waals surface area contributed by atoms with E-state index in [1.807, 2.05) is 6.07 Å². The van der Waals surface area contributed by atoms with Gasteiger partial charge in [-0.2, -0.15) is 10.4 Å². The van der Waals surface area contributed by atoms with E-state index >= 15 is 0 Å². The number of carbonyl (C=O) groups is 3. The van der Waals surface area contributed by atoms with E-state index in [9.17, 15) is 24.8 Å². The minimum absolute atomic E-state index is 0.0777. The average molecular weight is 615 g/mol. The lowest BCUT2D eigenvalue weighted by molar-refractivity contribution is -0.163. The fraction of sp³-hybridized carbons (Fsp3) is 0.667. The highest BCUT2D eigenvalue weighted by atomic mass is 16.6. The summed E-state index contributed by atoms with van der Waals surface area (Å²) >= 11 is 0. The molecule has 4 N–H and O–H groups in total. The second-order valence-corrected chi connectivity index (χ2v) is 12.9. The fourth-order valence-corrected chi connectivity index (χ4v) is 5.16. The number of amides is 1. The molecule has 44 heavy (non-hydrogen) atoms. The van der Waals surface area contributed by atoms with Crippen LogP contribution in [0.4, 0.5) is 5.82 Å². The number of carbonyl (C=O) groups excluding carboxylic acids is 3. The fourth-order valence-electron chi connectivity index (χ4n) is 5.16. The standard InChI is InChI=1S/C30H42N6O8/c1-7-42-29(5,6)27(40)35-25-18-11-12-20(36(18)34-16-33-25)30(15-31)24(38)22(43-26(39)23(32)28(2,3)4)19(44-30)14-41-21(37)13-17-9-8-10-17/h11-12,16-17,19,22-24,38H,7-10,13-14,32H2,1-6H3,(H,33,34,35,40)/t19-,22-,23-,24-,30+/m1/s1. The summed E-state index contributed by atoms with van der Waals surface area (Å²) < 4.78 is 24.1. The van der Waals surface area contributed by atoms with Crippen LogP contribution in [0, 0.1) is 22.7 Å². The molecule has 1 amide bonds. The molecular formula is C30H42N6O8. The summed E-state index contributed by atoms with van der Waals surface area (Å²) in [4.78, 5) is 42.7. The summed E-state index contributed by atoms with van der Waals surface area (Å²) in [6, 6.07) is 4.02. The number of aliphatic hydroxyl groups excluding tert-OH is 1. The van der Waals surface area contributed by atoms with Crippen molar-refractivity contribution < 1.29 is 38.4 Å². The molecule has 5 atom stereocenters. The van der Waals surface area contributed by atoms with E-state index in [4.69, 9.17) is 24.7 Å². The number of hydrogen-bond acceptors (Lipinski definition) is 12. The summed E-state index contributed by atoms with van der Waals surface area (Å²) in [5, 5.41) is 29.1. The van der Waals surface area contributed by atoms with Gasteiger partial charge in [-0.15, -0.1) is 0 Å². The summed E-state index contributed by atoms with van der Waals surface area (Å²) in [6.07, 6.45) is 0.0308. The van der Waals surface area contributed by atoms with Gasteiger partial charge in [0.05, 0.1) is 5.69 Å². The maximum Gasteiger partial charge on any atom is 0.323 e. The van der Waals surface area contributed by atoms with E-state index in [0.29, 0.717) is 12.1 Å². The van der Waals surface area contributed by atoms with Gasteiger partial charge in [0.15, 0.2) is 11.9 Å². The Kier molecular flexibility index (Phi) is 9.65. The Hall–Kier alpha value is -3.64. The van der Waals surface area contributed by atoms with Crippen molar-refractivity contribution >= 4 is 29.2 Å². The third kappa shape index (κ3) is 6.56. The second-order valence-electron chi connectivity index (χ2n) is 12.9. The third-order valence-electron chi connectivity index (χ3n) is 8.24. The molecule has 2 aliphatic rings. The SMILES string of the molecule is CCOC(C)(C)C(=O)Nc1ncnn2c([C@]3(C#N)O[C@H](COC(=O)CC4CCC4)[C@@H](OC(=O)[C@@H](N)C(C)(C)C)[C@H]3O)ccc12. The van der Waals surface area contributed by atoms with Crippen LogP contribution < -0.4 is 11.1 Å². The topological polar surface area (TPSA) is 200 Å². The number of ether oxygens (including phenoxy) is 4. The van der Waals surface area contributed by atoms with Crippen LogP contribution in [0.15, 0.2) is 18.5 Å². The summed E-state index contributed by atoms with van der Waals surface area (Å²) in [6.45, 7) is 10.2. The van der Waals surface area contributed by atoms with Crippen molar-refractivity contribution in [2.75, 3.05) is 18.5 Å². The first-order valence-corrected chi connectivity index (χ1v) is 14.8. The summed E-state index contributed by atoms with van der Waals surface area (Å²) in [7, 11) is 0. The van der Waals surface area contributed by atoms with Crippen LogP contribution in [-0.2, 0) is 38.9 Å². The van der Waals surface area contributed by atoms with Gasteiger partial charge in [-0.1, -0.05) is 27.2 Å². The number of nitrogens with one attached hydrogen (secondary N) is 1. The Bertz CT molecular complexity index is 1420. The molecule has 1 aliphatic heterocycles. The number of nitriles is 1. The molecule has 1 aliphatic carbocycles. The number of aromatic nitrogens is 3. The molecule has 240 valence electrons. The van der Waals surface area contributed by atoms with Crippen LogP contribution in [0.5, 0.6) is 0 Å². The summed E-state index contributed by atoms with van der Waals surface area (Å²) in [5.74, 6) is -1.33. The van der Waals surface area contributed by atoms with Crippen molar-refractivity contribution in [2.24, 2.45) is 17.1 Å². The minimum Gasteiger partial charge on any atom is -0.463 e. The normalized spacial score (nSPS) is 24.8. The van der Waals surface area contributed by atoms with Crippen LogP contribution in [0.2, 0.25) is 0 Å². The first kappa shape index (κ1) is 33.3. The minimum atomic E-state index is -2.12. The van der Waals surface area contributed by atoms with Crippen LogP contribution in [0.1, 0.15) is 72.9 Å². The highest BCUT2D eigenvalue weighted by molar-refractivity contribution is 5.98. The van der Waals surface area contributed by atoms with Gasteiger partial charge in [0.25, 0.3) is 5.91 Å². The number of rotatable bonds is 11. The van der Waals surface area contributed by atoms with Crippen LogP contribution >= 0.6 is 0 Å². The zero-order valence-electron chi connectivity index (χ0n) is 26.0. The van der Waals surface area contributed by atoms with Gasteiger partial charge >= 0.3 is 11.9 Å². The number of nitrogens with two attached hydrogens (primary N) is 1. The predicted molar refractivity (Wildman–Crippen MR) is 156 cm³/mol. The van der Waals surface area contributed by atoms with Gasteiger partial charge in [0, 0.05) is 13.0 Å². The molecule has 0 unspecified atom stereocenters. The van der Waals surface area contributed by atoms with Crippen molar-refractivity contribution in [1.29, 1.82) is 5.26 Å². The third-order valence-corrected chi connectivity index (χ3v) is 8.24. The van der Waals surface area contributed by atoms with Gasteiger partial charge < -0.3 is 35.1 Å². The van der Waals surface area contributed by atoms with Crippen molar-refractivity contribution in [3.8, 4) is 6.07 Å². The number of fused-ring (bicyclic) bond motifs is 1. The van der Waals surface area contributed by atoms with Crippen LogP contribution in [0.3, 0.4) is 0 Å². The number of nitrogens with zero attached hydrogens (tertiary/aromatic N) is 4. The molecule has 2 aromatic heterocycles. The molecule has 2 aromatic rings. The number of aliphatic hydroxyl groups is 1. The van der Waals surface area contributed by atoms with Crippen molar-refractivity contribution in [3.63, 3.8) is 0 Å². The maximum atomic E-state index is 13.1. The van der Waals surface area contributed by atoms with Crippen LogP contribution in [0.25, 0.3) is 5.52 Å². The lowest BCUT2D eigenvalue weighted by Crippen LogP contribution is -2.49. The van der Waals surface area contributed by atoms with Crippen LogP contribution in [-0.4, -0.2) is 80.7 Å². The molecule has 2 fully saturated rings. The number of esters is 2. The molecule has 0 bridgehead atoms. The molecule has 1 saturated carbocycles. The van der Waals surface area contributed by atoms with Gasteiger partial charge in [-0.3, -0.25) is 14.4 Å². The average Bonchev–Trinajstić information content (AvgIpc) is 3.49. The molecule has 3 heterocycles. The molecule has 0 radical (unpaired) electrons. The van der Waals surface area contributed by atoms with Gasteiger partial charge in [0.1, 0.15) is 48.4 Å². The first-order chi connectivity index (χ1) is 20.6. The Morgan fingerprint density at radius 3 is 2.57 bits per heavy atom. The molecule has 0 spiro atoms. The van der Waals surface area contributed by atoms with E-state index in [-0.39, 0.29) is 30.5 Å². The Morgan fingerprint density at radius 2 is 1.98 bits per heavy atom. The predicted octanol–water partition coefficient (Wildman–Crippen LogP) is 1.98. The lowest BCUT2D eigenvalue weighted by atomic mass is 9.83. The molecule has 0 aromatic carbocycles. The molecular weight excluding hydrogens is 572 g/mol. The van der Waals surface area contributed by atoms with Crippen molar-refractivity contribution in [3.05, 3.63) is 24.2 Å². The Labute approximate surface area is 256 Å². The van der Waals surface area contributed by atoms with E-state index < -0.39 is 58.8 Å². The van der Waals surface area contributed by atoms with Gasteiger partial charge in [-0.05, 0) is 57.1 Å². The van der Waals surface area contributed by atoms with E-state index in [1.165, 1.54) is 16.9 Å². The molecule has 1 saturated heterocycles.